The van der Waals surface area contributed by atoms with E-state index in [1.54, 1.807) is 11.8 Å². The van der Waals surface area contributed by atoms with Gasteiger partial charge in [0.25, 0.3) is 0 Å². The summed E-state index contributed by atoms with van der Waals surface area (Å²) in [7, 11) is 0. The van der Waals surface area contributed by atoms with E-state index in [1.165, 1.54) is 11.9 Å². The second-order valence-electron chi connectivity index (χ2n) is 0.849. The van der Waals surface area contributed by atoms with Gasteiger partial charge in [-0.3, -0.25) is 0 Å². The Labute approximate surface area is 53.1 Å². The van der Waals surface area contributed by atoms with E-state index in [0.29, 0.717) is 0 Å². The molecule has 0 amide bonds. The molecule has 0 aliphatic rings. The Morgan fingerprint density at radius 1 is 1.71 bits per heavy atom. The number of nitrogens with zero attached hydrogens (tertiary/aromatic N) is 1. The zero-order valence-electron chi connectivity index (χ0n) is 4.55. The first-order valence-corrected chi connectivity index (χ1v) is 4.31. The number of thioether (sulfide) groups is 1. The molecule has 0 heterocycles. The standard InChI is InChI=1S/C4H9NS2/c1-3-7-4-5-6-2/h4H,3H2,1-2H3/b5-4-. The maximum atomic E-state index is 3.92. The fourth-order valence-corrected chi connectivity index (χ4v) is 0.885. The van der Waals surface area contributed by atoms with Crippen molar-refractivity contribution in [3.8, 4) is 0 Å². The van der Waals surface area contributed by atoms with Crippen molar-refractivity contribution in [2.24, 2.45) is 4.40 Å². The third-order valence-electron chi connectivity index (χ3n) is 0.390. The number of rotatable bonds is 3. The van der Waals surface area contributed by atoms with Gasteiger partial charge in [0, 0.05) is 6.26 Å². The third-order valence-corrected chi connectivity index (χ3v) is 1.43. The minimum atomic E-state index is 1.12. The molecule has 1 nitrogen and oxygen atoms in total. The Morgan fingerprint density at radius 2 is 2.43 bits per heavy atom. The van der Waals surface area contributed by atoms with Gasteiger partial charge in [0.1, 0.15) is 0 Å². The molecule has 0 saturated heterocycles. The smallest absolute Gasteiger partial charge is 0.0680 e. The molecule has 0 spiro atoms. The second-order valence-corrected chi connectivity index (χ2v) is 2.55. The van der Waals surface area contributed by atoms with Crippen molar-refractivity contribution in [2.45, 2.75) is 6.92 Å². The summed E-state index contributed by atoms with van der Waals surface area (Å²) in [6, 6.07) is 0. The summed E-state index contributed by atoms with van der Waals surface area (Å²) in [5, 5.41) is 0. The molecular formula is C4H9NS2. The maximum absolute atomic E-state index is 3.92. The van der Waals surface area contributed by atoms with Gasteiger partial charge in [0.2, 0.25) is 0 Å². The van der Waals surface area contributed by atoms with Crippen molar-refractivity contribution in [1.29, 1.82) is 0 Å². The van der Waals surface area contributed by atoms with Crippen molar-refractivity contribution in [3.05, 3.63) is 0 Å². The van der Waals surface area contributed by atoms with Crippen LogP contribution in [0.5, 0.6) is 0 Å². The van der Waals surface area contributed by atoms with Gasteiger partial charge in [-0.1, -0.05) is 6.92 Å². The highest BCUT2D eigenvalue weighted by Crippen LogP contribution is 1.97. The average molecular weight is 135 g/mol. The lowest BCUT2D eigenvalue weighted by Gasteiger charge is -1.79. The molecule has 42 valence electrons. The van der Waals surface area contributed by atoms with Crippen LogP contribution < -0.4 is 0 Å². The zero-order chi connectivity index (χ0) is 5.54. The molecule has 0 fully saturated rings. The summed E-state index contributed by atoms with van der Waals surface area (Å²) in [6.07, 6.45) is 1.95. The van der Waals surface area contributed by atoms with Crippen molar-refractivity contribution < 1.29 is 0 Å². The Kier molecular flexibility index (Phi) is 6.71. The normalized spacial score (nSPS) is 10.6. The van der Waals surface area contributed by atoms with Gasteiger partial charge in [-0.05, 0) is 17.7 Å². The molecule has 0 unspecified atom stereocenters. The molecule has 0 rings (SSSR count). The second kappa shape index (κ2) is 6.37. The highest BCUT2D eigenvalue weighted by molar-refractivity contribution is 8.12. The average Bonchev–Trinajstić information content (AvgIpc) is 1.69. The summed E-state index contributed by atoms with van der Waals surface area (Å²) in [5.74, 6) is 1.12. The molecule has 0 N–H and O–H groups in total. The van der Waals surface area contributed by atoms with E-state index in [1.807, 2.05) is 11.8 Å². The Bertz CT molecular complexity index is 53.7. The van der Waals surface area contributed by atoms with E-state index in [4.69, 9.17) is 0 Å². The SMILES string of the molecule is CCS/C=N\SC. The fourth-order valence-electron chi connectivity index (χ4n) is 0.148. The van der Waals surface area contributed by atoms with E-state index < -0.39 is 0 Å². The molecular weight excluding hydrogens is 126 g/mol. The number of hydrogen-bond acceptors (Lipinski definition) is 3. The highest BCUT2D eigenvalue weighted by atomic mass is 32.2. The van der Waals surface area contributed by atoms with Crippen LogP contribution in [0, 0.1) is 0 Å². The Morgan fingerprint density at radius 3 is 2.86 bits per heavy atom. The number of hydrogen-bond donors (Lipinski definition) is 0. The van der Waals surface area contributed by atoms with Gasteiger partial charge < -0.3 is 0 Å². The minimum absolute atomic E-state index is 1.12. The summed E-state index contributed by atoms with van der Waals surface area (Å²) in [6.45, 7) is 2.11. The summed E-state index contributed by atoms with van der Waals surface area (Å²) < 4.78 is 3.92. The monoisotopic (exact) mass is 135 g/mol. The molecule has 0 aromatic carbocycles. The predicted molar refractivity (Wildman–Crippen MR) is 40.1 cm³/mol. The lowest BCUT2D eigenvalue weighted by atomic mass is 11.0. The first kappa shape index (κ1) is 7.37. The van der Waals surface area contributed by atoms with Crippen LogP contribution in [0.3, 0.4) is 0 Å². The van der Waals surface area contributed by atoms with Crippen LogP contribution in [0.2, 0.25) is 0 Å². The lowest BCUT2D eigenvalue weighted by molar-refractivity contribution is 1.54. The molecule has 0 atom stereocenters. The summed E-state index contributed by atoms with van der Waals surface area (Å²) >= 11 is 3.21. The van der Waals surface area contributed by atoms with Gasteiger partial charge in [0.05, 0.1) is 5.55 Å². The van der Waals surface area contributed by atoms with E-state index in [0.717, 1.165) is 5.75 Å². The van der Waals surface area contributed by atoms with Gasteiger partial charge in [-0.25, -0.2) is 4.40 Å². The quantitative estimate of drug-likeness (QED) is 0.333. The highest BCUT2D eigenvalue weighted by Gasteiger charge is 1.69. The first-order chi connectivity index (χ1) is 3.41. The van der Waals surface area contributed by atoms with Crippen molar-refractivity contribution in [2.75, 3.05) is 12.0 Å². The van der Waals surface area contributed by atoms with E-state index in [9.17, 15) is 0 Å². The van der Waals surface area contributed by atoms with E-state index in [-0.39, 0.29) is 0 Å². The third kappa shape index (κ3) is 6.37. The lowest BCUT2D eigenvalue weighted by Crippen LogP contribution is -1.62. The molecule has 0 aliphatic carbocycles. The van der Waals surface area contributed by atoms with Gasteiger partial charge in [0.15, 0.2) is 0 Å². The Hall–Kier alpha value is 0.370. The first-order valence-electron chi connectivity index (χ1n) is 2.08. The molecule has 0 aromatic rings. The van der Waals surface area contributed by atoms with Crippen molar-refractivity contribution in [1.82, 2.24) is 0 Å². The topological polar surface area (TPSA) is 12.4 Å². The zero-order valence-corrected chi connectivity index (χ0v) is 6.18. The van der Waals surface area contributed by atoms with Crippen LogP contribution in [-0.2, 0) is 0 Å². The molecule has 0 aromatic heterocycles. The van der Waals surface area contributed by atoms with Crippen LogP contribution in [0.25, 0.3) is 0 Å². The molecule has 0 saturated carbocycles. The van der Waals surface area contributed by atoms with Crippen LogP contribution >= 0.6 is 23.7 Å². The van der Waals surface area contributed by atoms with E-state index >= 15 is 0 Å². The molecule has 7 heavy (non-hydrogen) atoms. The molecule has 0 radical (unpaired) electrons. The molecule has 0 bridgehead atoms. The largest absolute Gasteiger partial charge is 0.218 e. The van der Waals surface area contributed by atoms with Gasteiger partial charge in [-0.15, -0.1) is 11.8 Å². The van der Waals surface area contributed by atoms with Crippen LogP contribution in [0.15, 0.2) is 4.40 Å². The summed E-state index contributed by atoms with van der Waals surface area (Å²) in [5.41, 5.74) is 1.87. The fraction of sp³-hybridized carbons (Fsp3) is 0.750. The minimum Gasteiger partial charge on any atom is -0.218 e. The Balaban J connectivity index is 2.78. The van der Waals surface area contributed by atoms with Gasteiger partial charge in [-0.2, -0.15) is 0 Å². The van der Waals surface area contributed by atoms with E-state index in [2.05, 4.69) is 11.3 Å². The van der Waals surface area contributed by atoms with Crippen molar-refractivity contribution in [3.63, 3.8) is 0 Å². The van der Waals surface area contributed by atoms with Crippen LogP contribution in [0.1, 0.15) is 6.92 Å². The predicted octanol–water partition coefficient (Wildman–Crippen LogP) is 2.05. The molecule has 3 heteroatoms. The van der Waals surface area contributed by atoms with Crippen LogP contribution in [-0.4, -0.2) is 17.6 Å². The maximum Gasteiger partial charge on any atom is 0.0680 e. The molecule has 0 aliphatic heterocycles. The van der Waals surface area contributed by atoms with Gasteiger partial charge >= 0.3 is 0 Å². The van der Waals surface area contributed by atoms with Crippen LogP contribution in [0.4, 0.5) is 0 Å². The summed E-state index contributed by atoms with van der Waals surface area (Å²) in [4.78, 5) is 0. The van der Waals surface area contributed by atoms with Crippen molar-refractivity contribution >= 4 is 29.3 Å².